The Morgan fingerprint density at radius 3 is 2.68 bits per heavy atom. The van der Waals surface area contributed by atoms with Gasteiger partial charge in [0.25, 0.3) is 0 Å². The van der Waals surface area contributed by atoms with Gasteiger partial charge in [0.05, 0.1) is 5.56 Å². The van der Waals surface area contributed by atoms with Crippen LogP contribution < -0.4 is 4.90 Å². The summed E-state index contributed by atoms with van der Waals surface area (Å²) in [5.74, 6) is -0.839. The van der Waals surface area contributed by atoms with Crippen LogP contribution in [0.5, 0.6) is 0 Å². The van der Waals surface area contributed by atoms with Crippen LogP contribution >= 0.6 is 0 Å². The summed E-state index contributed by atoms with van der Waals surface area (Å²) in [5.41, 5.74) is 2.80. The summed E-state index contributed by atoms with van der Waals surface area (Å²) in [6, 6.07) is 5.51. The summed E-state index contributed by atoms with van der Waals surface area (Å²) in [5, 5.41) is 9.08. The predicted molar refractivity (Wildman–Crippen MR) is 75.0 cm³/mol. The molecule has 0 saturated carbocycles. The van der Waals surface area contributed by atoms with E-state index in [1.807, 2.05) is 12.1 Å². The van der Waals surface area contributed by atoms with E-state index in [1.165, 1.54) is 31.5 Å². The van der Waals surface area contributed by atoms with Crippen LogP contribution in [0.25, 0.3) is 0 Å². The number of rotatable bonds is 4. The zero-order valence-corrected chi connectivity index (χ0v) is 11.1. The molecule has 1 aromatic carbocycles. The molecule has 2 aliphatic rings. The molecule has 19 heavy (non-hydrogen) atoms. The van der Waals surface area contributed by atoms with Crippen LogP contribution in [-0.2, 0) is 6.42 Å². The molecule has 1 N–H and O–H groups in total. The minimum absolute atomic E-state index is 0.395. The van der Waals surface area contributed by atoms with Crippen molar-refractivity contribution in [3.8, 4) is 0 Å². The zero-order chi connectivity index (χ0) is 13.2. The average Bonchev–Trinajstić information content (AvgIpc) is 3.05. The third-order valence-electron chi connectivity index (χ3n) is 4.21. The lowest BCUT2D eigenvalue weighted by Crippen LogP contribution is -2.32. The molecule has 0 atom stereocenters. The van der Waals surface area contributed by atoms with E-state index in [0.29, 0.717) is 5.56 Å². The lowest BCUT2D eigenvalue weighted by molar-refractivity contribution is 0.0697. The first-order chi connectivity index (χ1) is 9.24. The minimum Gasteiger partial charge on any atom is -0.478 e. The third-order valence-corrected chi connectivity index (χ3v) is 4.21. The van der Waals surface area contributed by atoms with Crippen molar-refractivity contribution < 1.29 is 9.90 Å². The number of aromatic carboxylic acids is 1. The van der Waals surface area contributed by atoms with Crippen molar-refractivity contribution in [2.45, 2.75) is 19.3 Å². The van der Waals surface area contributed by atoms with E-state index in [0.717, 1.165) is 31.7 Å². The van der Waals surface area contributed by atoms with E-state index in [9.17, 15) is 4.79 Å². The lowest BCUT2D eigenvalue weighted by Gasteiger charge is -2.23. The number of hydrogen-bond acceptors (Lipinski definition) is 3. The second-order valence-electron chi connectivity index (χ2n) is 5.43. The van der Waals surface area contributed by atoms with Gasteiger partial charge in [-0.25, -0.2) is 4.79 Å². The van der Waals surface area contributed by atoms with E-state index >= 15 is 0 Å². The molecule has 0 radical (unpaired) electrons. The second kappa shape index (κ2) is 5.21. The molecule has 1 saturated heterocycles. The summed E-state index contributed by atoms with van der Waals surface area (Å²) in [6.07, 6.45) is 3.68. The Morgan fingerprint density at radius 2 is 1.95 bits per heavy atom. The number of likely N-dealkylation sites (tertiary alicyclic amines) is 1. The van der Waals surface area contributed by atoms with Crippen molar-refractivity contribution >= 4 is 11.7 Å². The van der Waals surface area contributed by atoms with Crippen molar-refractivity contribution in [3.63, 3.8) is 0 Å². The van der Waals surface area contributed by atoms with Crippen molar-refractivity contribution in [2.24, 2.45) is 0 Å². The van der Waals surface area contributed by atoms with Crippen molar-refractivity contribution in [3.05, 3.63) is 29.3 Å². The van der Waals surface area contributed by atoms with Gasteiger partial charge in [0, 0.05) is 25.3 Å². The van der Waals surface area contributed by atoms with Gasteiger partial charge in [0.1, 0.15) is 0 Å². The molecule has 3 rings (SSSR count). The number of carbonyl (C=O) groups is 1. The summed E-state index contributed by atoms with van der Waals surface area (Å²) in [4.78, 5) is 15.9. The molecule has 0 bridgehead atoms. The fourth-order valence-corrected chi connectivity index (χ4v) is 3.08. The van der Waals surface area contributed by atoms with E-state index in [2.05, 4.69) is 9.80 Å². The fraction of sp³-hybridized carbons (Fsp3) is 0.533. The van der Waals surface area contributed by atoms with Gasteiger partial charge >= 0.3 is 5.97 Å². The molecular weight excluding hydrogens is 240 g/mol. The van der Waals surface area contributed by atoms with Crippen LogP contribution in [0, 0.1) is 0 Å². The Hall–Kier alpha value is -1.55. The van der Waals surface area contributed by atoms with Crippen LogP contribution in [0.4, 0.5) is 5.69 Å². The smallest absolute Gasteiger partial charge is 0.335 e. The minimum atomic E-state index is -0.839. The molecule has 0 spiro atoms. The van der Waals surface area contributed by atoms with Gasteiger partial charge in [-0.05, 0) is 50.0 Å². The van der Waals surface area contributed by atoms with Gasteiger partial charge in [0.2, 0.25) is 0 Å². The van der Waals surface area contributed by atoms with Crippen molar-refractivity contribution in [2.75, 3.05) is 37.6 Å². The summed E-state index contributed by atoms with van der Waals surface area (Å²) >= 11 is 0. The standard InChI is InChI=1S/C15H20N2O2/c18-15(19)13-4-3-12-5-8-17(14(12)11-13)10-9-16-6-1-2-7-16/h3-4,11H,1-2,5-10H2,(H,18,19). The van der Waals surface area contributed by atoms with Gasteiger partial charge < -0.3 is 14.9 Å². The number of hydrogen-bond donors (Lipinski definition) is 1. The van der Waals surface area contributed by atoms with E-state index < -0.39 is 5.97 Å². The highest BCUT2D eigenvalue weighted by Gasteiger charge is 2.21. The lowest BCUT2D eigenvalue weighted by atomic mass is 10.1. The molecule has 4 heteroatoms. The first kappa shape index (κ1) is 12.5. The summed E-state index contributed by atoms with van der Waals surface area (Å²) in [6.45, 7) is 5.56. The Bertz CT molecular complexity index is 481. The monoisotopic (exact) mass is 260 g/mol. The number of carboxylic acid groups (broad SMARTS) is 1. The van der Waals surface area contributed by atoms with Gasteiger partial charge in [-0.3, -0.25) is 0 Å². The van der Waals surface area contributed by atoms with Crippen LogP contribution in [-0.4, -0.2) is 48.7 Å². The molecule has 2 aliphatic heterocycles. The van der Waals surface area contributed by atoms with E-state index in [4.69, 9.17) is 5.11 Å². The second-order valence-corrected chi connectivity index (χ2v) is 5.43. The van der Waals surface area contributed by atoms with Gasteiger partial charge in [-0.15, -0.1) is 0 Å². The first-order valence-corrected chi connectivity index (χ1v) is 7.07. The third kappa shape index (κ3) is 2.59. The SMILES string of the molecule is O=C(O)c1ccc2c(c1)N(CCN1CCCC1)CC2. The van der Waals surface area contributed by atoms with Crippen LogP contribution in [0.2, 0.25) is 0 Å². The normalized spacial score (nSPS) is 18.8. The number of benzene rings is 1. The zero-order valence-electron chi connectivity index (χ0n) is 11.1. The van der Waals surface area contributed by atoms with E-state index in [1.54, 1.807) is 6.07 Å². The molecule has 0 aromatic heterocycles. The molecule has 0 aliphatic carbocycles. The topological polar surface area (TPSA) is 43.8 Å². The Kier molecular flexibility index (Phi) is 3.42. The molecule has 1 fully saturated rings. The maximum Gasteiger partial charge on any atom is 0.335 e. The molecule has 102 valence electrons. The summed E-state index contributed by atoms with van der Waals surface area (Å²) < 4.78 is 0. The molecule has 1 aromatic rings. The fourth-order valence-electron chi connectivity index (χ4n) is 3.08. The van der Waals surface area contributed by atoms with Gasteiger partial charge in [-0.1, -0.05) is 6.07 Å². The van der Waals surface area contributed by atoms with Crippen molar-refractivity contribution in [1.29, 1.82) is 0 Å². The molecule has 4 nitrogen and oxygen atoms in total. The van der Waals surface area contributed by atoms with Gasteiger partial charge in [0.15, 0.2) is 0 Å². The Labute approximate surface area is 113 Å². The van der Waals surface area contributed by atoms with Crippen molar-refractivity contribution in [1.82, 2.24) is 4.90 Å². The highest BCUT2D eigenvalue weighted by Crippen LogP contribution is 2.29. The molecular formula is C15H20N2O2. The maximum atomic E-state index is 11.0. The predicted octanol–water partition coefficient (Wildman–Crippen LogP) is 1.84. The largest absolute Gasteiger partial charge is 0.478 e. The van der Waals surface area contributed by atoms with Crippen LogP contribution in [0.1, 0.15) is 28.8 Å². The number of nitrogens with zero attached hydrogens (tertiary/aromatic N) is 2. The number of carboxylic acids is 1. The summed E-state index contributed by atoms with van der Waals surface area (Å²) in [7, 11) is 0. The average molecular weight is 260 g/mol. The number of fused-ring (bicyclic) bond motifs is 1. The first-order valence-electron chi connectivity index (χ1n) is 7.07. The van der Waals surface area contributed by atoms with Crippen LogP contribution in [0.15, 0.2) is 18.2 Å². The highest BCUT2D eigenvalue weighted by molar-refractivity contribution is 5.89. The van der Waals surface area contributed by atoms with Gasteiger partial charge in [-0.2, -0.15) is 0 Å². The van der Waals surface area contributed by atoms with E-state index in [-0.39, 0.29) is 0 Å². The van der Waals surface area contributed by atoms with Crippen LogP contribution in [0.3, 0.4) is 0 Å². The molecule has 0 unspecified atom stereocenters. The quantitative estimate of drug-likeness (QED) is 0.897. The molecule has 2 heterocycles. The maximum absolute atomic E-state index is 11.0. The Morgan fingerprint density at radius 1 is 1.16 bits per heavy atom. The molecule has 0 amide bonds. The highest BCUT2D eigenvalue weighted by atomic mass is 16.4. The Balaban J connectivity index is 1.69. The number of anilines is 1.